The molecule has 0 atom stereocenters. The summed E-state index contributed by atoms with van der Waals surface area (Å²) in [6.07, 6.45) is 3.70. The molecule has 1 aliphatic heterocycles. The Morgan fingerprint density at radius 1 is 0.559 bits per heavy atom. The first-order valence-corrected chi connectivity index (χ1v) is 11.4. The second-order valence-corrected chi connectivity index (χ2v) is 8.36. The van der Waals surface area contributed by atoms with Gasteiger partial charge in [0.2, 0.25) is 0 Å². The van der Waals surface area contributed by atoms with Crippen molar-refractivity contribution in [1.82, 2.24) is 14.5 Å². The van der Waals surface area contributed by atoms with Gasteiger partial charge in [0.25, 0.3) is 0 Å². The lowest BCUT2D eigenvalue weighted by Gasteiger charge is -2.34. The van der Waals surface area contributed by atoms with Crippen LogP contribution in [0.1, 0.15) is 0 Å². The number of para-hydroxylation sites is 3. The number of nitrogens with zero attached hydrogens (tertiary/aromatic N) is 4. The molecule has 7 rings (SSSR count). The van der Waals surface area contributed by atoms with Gasteiger partial charge in [0.05, 0.1) is 28.1 Å². The number of hydrogen-bond donors (Lipinski definition) is 0. The minimum absolute atomic E-state index is 0.948. The molecule has 2 aromatic heterocycles. The summed E-state index contributed by atoms with van der Waals surface area (Å²) in [4.78, 5) is 11.7. The average molecular weight is 437 g/mol. The molecule has 0 N–H and O–H groups in total. The first-order chi connectivity index (χ1) is 16.9. The summed E-state index contributed by atoms with van der Waals surface area (Å²) in [5, 5.41) is 0. The van der Waals surface area contributed by atoms with Crippen LogP contribution in [0.5, 0.6) is 0 Å². The second-order valence-electron chi connectivity index (χ2n) is 8.36. The molecule has 34 heavy (non-hydrogen) atoms. The van der Waals surface area contributed by atoms with E-state index in [2.05, 4.69) is 118 Å². The Kier molecular flexibility index (Phi) is 4.11. The molecule has 0 fully saturated rings. The van der Waals surface area contributed by atoms with Gasteiger partial charge in [-0.25, -0.2) is 4.98 Å². The van der Waals surface area contributed by atoms with Gasteiger partial charge in [0.15, 0.2) is 0 Å². The molecule has 4 heteroatoms. The highest BCUT2D eigenvalue weighted by molar-refractivity contribution is 6.06. The molecule has 160 valence electrons. The number of imidazole rings is 1. The highest BCUT2D eigenvalue weighted by Crippen LogP contribution is 2.51. The van der Waals surface area contributed by atoms with E-state index in [0.717, 1.165) is 56.3 Å². The standard InChI is InChI=1S/C30H20N4/c1-3-9-22(10-4-1)30-32-25-14-8-16-27-29(25)34(30)26-15-7-13-24(21-17-19-31-20-18-21)28(26)33(27)23-11-5-2-6-12-23/h1-20H. The molecule has 4 nitrogen and oxygen atoms in total. The Bertz CT molecular complexity index is 1640. The molecule has 6 aromatic rings. The molecule has 0 radical (unpaired) electrons. The zero-order valence-corrected chi connectivity index (χ0v) is 18.3. The van der Waals surface area contributed by atoms with E-state index in [4.69, 9.17) is 4.98 Å². The van der Waals surface area contributed by atoms with Crippen LogP contribution in [0, 0.1) is 0 Å². The number of fused-ring (bicyclic) bond motifs is 2. The number of rotatable bonds is 3. The van der Waals surface area contributed by atoms with Gasteiger partial charge in [-0.1, -0.05) is 66.7 Å². The summed E-state index contributed by atoms with van der Waals surface area (Å²) in [6.45, 7) is 0. The van der Waals surface area contributed by atoms with Crippen LogP contribution >= 0.6 is 0 Å². The SMILES string of the molecule is c1ccc(-c2nc3cccc4c3n2-c2cccc(-c3ccncc3)c2N4c2ccccc2)cc1. The minimum Gasteiger partial charge on any atom is -0.306 e. The molecule has 0 saturated heterocycles. The molecular weight excluding hydrogens is 416 g/mol. The average Bonchev–Trinajstić information content (AvgIpc) is 3.31. The second kappa shape index (κ2) is 7.42. The molecule has 4 aromatic carbocycles. The van der Waals surface area contributed by atoms with Gasteiger partial charge in [0.1, 0.15) is 5.82 Å². The van der Waals surface area contributed by atoms with E-state index in [-0.39, 0.29) is 0 Å². The third kappa shape index (κ3) is 2.72. The van der Waals surface area contributed by atoms with Gasteiger partial charge in [0, 0.05) is 29.2 Å². The number of benzene rings is 4. The molecule has 3 heterocycles. The lowest BCUT2D eigenvalue weighted by molar-refractivity contribution is 1.06. The smallest absolute Gasteiger partial charge is 0.145 e. The van der Waals surface area contributed by atoms with Crippen molar-refractivity contribution >= 4 is 28.1 Å². The maximum atomic E-state index is 5.11. The Morgan fingerprint density at radius 3 is 2.06 bits per heavy atom. The quantitative estimate of drug-likeness (QED) is 0.287. The van der Waals surface area contributed by atoms with Crippen LogP contribution in [0.25, 0.3) is 39.2 Å². The number of anilines is 3. The number of pyridine rings is 1. The van der Waals surface area contributed by atoms with E-state index in [1.807, 2.05) is 18.5 Å². The molecule has 0 spiro atoms. The minimum atomic E-state index is 0.948. The van der Waals surface area contributed by atoms with Gasteiger partial charge in [-0.15, -0.1) is 0 Å². The number of hydrogen-bond acceptors (Lipinski definition) is 3. The summed E-state index contributed by atoms with van der Waals surface area (Å²) in [6, 6.07) is 38.0. The van der Waals surface area contributed by atoms with Crippen molar-refractivity contribution in [2.24, 2.45) is 0 Å². The van der Waals surface area contributed by atoms with Gasteiger partial charge in [-0.3, -0.25) is 9.55 Å². The Morgan fingerprint density at radius 2 is 1.26 bits per heavy atom. The number of aromatic nitrogens is 3. The third-order valence-corrected chi connectivity index (χ3v) is 6.41. The van der Waals surface area contributed by atoms with Crippen LogP contribution in [0.4, 0.5) is 17.1 Å². The molecule has 1 aliphatic rings. The molecular formula is C30H20N4. The molecule has 0 bridgehead atoms. The summed E-state index contributed by atoms with van der Waals surface area (Å²) < 4.78 is 2.32. The van der Waals surface area contributed by atoms with E-state index < -0.39 is 0 Å². The fourth-order valence-electron chi connectivity index (χ4n) is 4.98. The van der Waals surface area contributed by atoms with Crippen molar-refractivity contribution in [3.63, 3.8) is 0 Å². The maximum Gasteiger partial charge on any atom is 0.145 e. The Hall–Kier alpha value is -4.70. The topological polar surface area (TPSA) is 34.0 Å². The zero-order chi connectivity index (χ0) is 22.5. The predicted octanol–water partition coefficient (Wildman–Crippen LogP) is 7.54. The highest BCUT2D eigenvalue weighted by Gasteiger charge is 2.31. The maximum absolute atomic E-state index is 5.11. The van der Waals surface area contributed by atoms with Crippen molar-refractivity contribution in [3.8, 4) is 28.2 Å². The molecule has 0 aliphatic carbocycles. The van der Waals surface area contributed by atoms with Gasteiger partial charge in [-0.2, -0.15) is 0 Å². The fourth-order valence-corrected chi connectivity index (χ4v) is 4.98. The van der Waals surface area contributed by atoms with Gasteiger partial charge < -0.3 is 4.90 Å². The van der Waals surface area contributed by atoms with Crippen LogP contribution in [-0.2, 0) is 0 Å². The van der Waals surface area contributed by atoms with Crippen molar-refractivity contribution in [1.29, 1.82) is 0 Å². The van der Waals surface area contributed by atoms with Crippen LogP contribution in [0.2, 0.25) is 0 Å². The lowest BCUT2D eigenvalue weighted by Crippen LogP contribution is -2.19. The first kappa shape index (κ1) is 18.8. The predicted molar refractivity (Wildman–Crippen MR) is 138 cm³/mol. The van der Waals surface area contributed by atoms with Gasteiger partial charge in [-0.05, 0) is 48.0 Å². The van der Waals surface area contributed by atoms with Crippen molar-refractivity contribution in [2.75, 3.05) is 4.90 Å². The third-order valence-electron chi connectivity index (χ3n) is 6.41. The van der Waals surface area contributed by atoms with Crippen LogP contribution in [0.3, 0.4) is 0 Å². The van der Waals surface area contributed by atoms with E-state index in [1.165, 1.54) is 0 Å². The van der Waals surface area contributed by atoms with Gasteiger partial charge >= 0.3 is 0 Å². The monoisotopic (exact) mass is 436 g/mol. The molecule has 0 unspecified atom stereocenters. The highest BCUT2D eigenvalue weighted by atomic mass is 15.2. The van der Waals surface area contributed by atoms with E-state index >= 15 is 0 Å². The Balaban J connectivity index is 1.64. The lowest BCUT2D eigenvalue weighted by atomic mass is 9.99. The normalized spacial score (nSPS) is 12.1. The summed E-state index contributed by atoms with van der Waals surface area (Å²) in [5.74, 6) is 0.948. The Labute approximate surface area is 197 Å². The van der Waals surface area contributed by atoms with Crippen molar-refractivity contribution in [2.45, 2.75) is 0 Å². The van der Waals surface area contributed by atoms with Crippen LogP contribution in [-0.4, -0.2) is 14.5 Å². The largest absolute Gasteiger partial charge is 0.306 e. The van der Waals surface area contributed by atoms with E-state index in [1.54, 1.807) is 0 Å². The molecule has 0 saturated carbocycles. The summed E-state index contributed by atoms with van der Waals surface area (Å²) in [7, 11) is 0. The summed E-state index contributed by atoms with van der Waals surface area (Å²) in [5.41, 5.74) is 9.95. The molecule has 0 amide bonds. The zero-order valence-electron chi connectivity index (χ0n) is 18.3. The first-order valence-electron chi connectivity index (χ1n) is 11.4. The van der Waals surface area contributed by atoms with Crippen LogP contribution in [0.15, 0.2) is 122 Å². The van der Waals surface area contributed by atoms with Crippen LogP contribution < -0.4 is 4.90 Å². The van der Waals surface area contributed by atoms with Crippen molar-refractivity contribution < 1.29 is 0 Å². The van der Waals surface area contributed by atoms with E-state index in [9.17, 15) is 0 Å². The summed E-state index contributed by atoms with van der Waals surface area (Å²) >= 11 is 0. The fraction of sp³-hybridized carbons (Fsp3) is 0. The van der Waals surface area contributed by atoms with E-state index in [0.29, 0.717) is 0 Å². The van der Waals surface area contributed by atoms with Crippen molar-refractivity contribution in [3.05, 3.63) is 122 Å².